The summed E-state index contributed by atoms with van der Waals surface area (Å²) in [6.07, 6.45) is 1.57. The van der Waals surface area contributed by atoms with E-state index in [0.29, 0.717) is 23.6 Å². The Hall–Kier alpha value is -3.35. The van der Waals surface area contributed by atoms with Crippen LogP contribution in [-0.2, 0) is 11.3 Å². The van der Waals surface area contributed by atoms with Gasteiger partial charge in [-0.1, -0.05) is 12.1 Å². The van der Waals surface area contributed by atoms with Crippen molar-refractivity contribution in [2.45, 2.75) is 18.6 Å². The minimum absolute atomic E-state index is 0.140. The Morgan fingerprint density at radius 1 is 1.06 bits per heavy atom. The summed E-state index contributed by atoms with van der Waals surface area (Å²) < 4.78 is 14.1. The first kappa shape index (κ1) is 24.3. The van der Waals surface area contributed by atoms with Crippen molar-refractivity contribution in [2.75, 3.05) is 51.3 Å². The zero-order chi connectivity index (χ0) is 25.4. The number of alkyl halides is 1. The molecule has 1 aromatic carbocycles. The summed E-state index contributed by atoms with van der Waals surface area (Å²) in [5, 5.41) is 2.63. The summed E-state index contributed by atoms with van der Waals surface area (Å²) in [7, 11) is 0. The van der Waals surface area contributed by atoms with E-state index >= 15 is 0 Å². The monoisotopic (exact) mass is 498 g/mol. The molecule has 0 radical (unpaired) electrons. The van der Waals surface area contributed by atoms with Crippen molar-refractivity contribution < 1.29 is 14.0 Å². The average Bonchev–Trinajstić information content (AvgIpc) is 3.27. The minimum Gasteiger partial charge on any atom is -0.338 e. The molecule has 2 aliphatic heterocycles. The number of benzene rings is 1. The maximum absolute atomic E-state index is 12.6. The normalized spacial score (nSPS) is 24.4. The van der Waals surface area contributed by atoms with Crippen LogP contribution in [0, 0.1) is 11.8 Å². The van der Waals surface area contributed by atoms with Gasteiger partial charge in [-0.3, -0.25) is 19.6 Å². The van der Waals surface area contributed by atoms with Crippen molar-refractivity contribution in [2.24, 2.45) is 23.3 Å². The lowest BCUT2D eigenvalue weighted by atomic mass is 10.2. The number of fused-ring (bicyclic) bond motifs is 1. The molecule has 5 N–H and O–H groups in total. The molecule has 0 bridgehead atoms. The largest absolute Gasteiger partial charge is 0.354 e. The molecule has 1 aliphatic carbocycles. The van der Waals surface area contributed by atoms with E-state index in [1.807, 2.05) is 24.3 Å². The Balaban J connectivity index is 1.14. The average molecular weight is 499 g/mol. The third-order valence-electron chi connectivity index (χ3n) is 7.36. The number of carbonyl (C=O) groups is 2. The molecule has 3 heterocycles. The number of nitrogens with two attached hydrogens (primary N) is 2. The number of hydrogen-bond acceptors (Lipinski definition) is 7. The maximum Gasteiger partial charge on any atom is 0.354 e. The molecule has 0 spiro atoms. The van der Waals surface area contributed by atoms with Crippen LogP contribution in [0.3, 0.4) is 0 Å². The third kappa shape index (κ3) is 4.97. The number of nitrogens with one attached hydrogen (secondary N) is 1. The van der Waals surface area contributed by atoms with Gasteiger partial charge in [0.05, 0.1) is 5.69 Å². The van der Waals surface area contributed by atoms with E-state index in [1.54, 1.807) is 12.3 Å². The lowest BCUT2D eigenvalue weighted by Crippen LogP contribution is -2.55. The van der Waals surface area contributed by atoms with Crippen molar-refractivity contribution >= 4 is 17.8 Å². The summed E-state index contributed by atoms with van der Waals surface area (Å²) in [4.78, 5) is 46.6. The highest BCUT2D eigenvalue weighted by atomic mass is 19.1. The number of rotatable bonds is 6. The molecule has 3 unspecified atom stereocenters. The van der Waals surface area contributed by atoms with Crippen molar-refractivity contribution in [3.05, 3.63) is 52.6 Å². The van der Waals surface area contributed by atoms with Crippen molar-refractivity contribution in [3.8, 4) is 5.69 Å². The molecule has 4 atom stereocenters. The first-order valence-corrected chi connectivity index (χ1v) is 12.2. The summed E-state index contributed by atoms with van der Waals surface area (Å²) in [5.41, 5.74) is 12.8. The maximum atomic E-state index is 12.6. The van der Waals surface area contributed by atoms with Crippen LogP contribution in [0.15, 0.2) is 41.3 Å². The predicted octanol–water partition coefficient (Wildman–Crippen LogP) is -0.406. The fourth-order valence-electron chi connectivity index (χ4n) is 5.10. The second-order valence-corrected chi connectivity index (χ2v) is 9.73. The number of nitrogens with zero attached hydrogens (tertiary/aromatic N) is 5. The standard InChI is InChI=1S/C24H31FN8O3/c25-11-19(26)22(34)31-7-9-32(10-8-31)23(35)28-20-5-6-33(24(36)29-20)16-3-1-15(2-4-16)12-30-13-17-18(14-30)21(17)27/h1-6,17-19,21H,7-14,26-27H2,(H,28,29,35,36)/t17-,18?,19?,21?/m1/s1. The van der Waals surface area contributed by atoms with E-state index in [4.69, 9.17) is 11.5 Å². The minimum atomic E-state index is -1.17. The summed E-state index contributed by atoms with van der Waals surface area (Å²) in [6.45, 7) is 3.10. The van der Waals surface area contributed by atoms with Gasteiger partial charge < -0.3 is 21.3 Å². The Bertz CT molecular complexity index is 1170. The number of halogens is 1. The second-order valence-electron chi connectivity index (χ2n) is 9.73. The van der Waals surface area contributed by atoms with Gasteiger partial charge >= 0.3 is 11.7 Å². The summed E-state index contributed by atoms with van der Waals surface area (Å²) in [5.74, 6) is 0.968. The number of likely N-dealkylation sites (tertiary alicyclic amines) is 1. The number of piperazine rings is 1. The summed E-state index contributed by atoms with van der Waals surface area (Å²) >= 11 is 0. The molecule has 2 saturated heterocycles. The zero-order valence-corrected chi connectivity index (χ0v) is 19.9. The topological polar surface area (TPSA) is 143 Å². The lowest BCUT2D eigenvalue weighted by molar-refractivity contribution is -0.134. The van der Waals surface area contributed by atoms with Crippen LogP contribution in [0.2, 0.25) is 0 Å². The van der Waals surface area contributed by atoms with Gasteiger partial charge in [0.2, 0.25) is 5.91 Å². The van der Waals surface area contributed by atoms with Crippen LogP contribution in [0.4, 0.5) is 15.0 Å². The number of carbonyl (C=O) groups excluding carboxylic acids is 2. The lowest BCUT2D eigenvalue weighted by Gasteiger charge is -2.35. The highest BCUT2D eigenvalue weighted by Crippen LogP contribution is 2.44. The molecule has 12 heteroatoms. The number of anilines is 1. The van der Waals surface area contributed by atoms with Gasteiger partial charge in [0.1, 0.15) is 18.5 Å². The first-order chi connectivity index (χ1) is 17.3. The van der Waals surface area contributed by atoms with E-state index in [2.05, 4.69) is 15.2 Å². The van der Waals surface area contributed by atoms with Crippen LogP contribution in [0.5, 0.6) is 0 Å². The Morgan fingerprint density at radius 3 is 2.31 bits per heavy atom. The fourth-order valence-corrected chi connectivity index (χ4v) is 5.10. The van der Waals surface area contributed by atoms with Crippen LogP contribution in [0.1, 0.15) is 5.56 Å². The Labute approximate surface area is 207 Å². The van der Waals surface area contributed by atoms with Gasteiger partial charge in [-0.05, 0) is 35.6 Å². The number of aromatic nitrogens is 2. The van der Waals surface area contributed by atoms with Gasteiger partial charge in [-0.2, -0.15) is 4.98 Å². The molecule has 1 saturated carbocycles. The molecule has 3 amide bonds. The van der Waals surface area contributed by atoms with Crippen LogP contribution >= 0.6 is 0 Å². The van der Waals surface area contributed by atoms with E-state index in [9.17, 15) is 18.8 Å². The molecular formula is C24H31FN8O3. The van der Waals surface area contributed by atoms with Gasteiger partial charge in [0.15, 0.2) is 0 Å². The number of piperidine rings is 1. The van der Waals surface area contributed by atoms with Crippen molar-refractivity contribution in [1.29, 1.82) is 0 Å². The highest BCUT2D eigenvalue weighted by molar-refractivity contribution is 5.88. The van der Waals surface area contributed by atoms with E-state index in [1.165, 1.54) is 19.9 Å². The highest BCUT2D eigenvalue weighted by Gasteiger charge is 2.53. The molecule has 11 nitrogen and oxygen atoms in total. The quantitative estimate of drug-likeness (QED) is 0.492. The molecule has 3 aliphatic rings. The van der Waals surface area contributed by atoms with E-state index in [0.717, 1.165) is 19.6 Å². The summed E-state index contributed by atoms with van der Waals surface area (Å²) in [6, 6.07) is 8.12. The Morgan fingerprint density at radius 2 is 1.69 bits per heavy atom. The molecule has 2 aromatic rings. The van der Waals surface area contributed by atoms with Gasteiger partial charge in [-0.15, -0.1) is 0 Å². The molecular weight excluding hydrogens is 467 g/mol. The molecule has 1 aromatic heterocycles. The van der Waals surface area contributed by atoms with Crippen molar-refractivity contribution in [1.82, 2.24) is 24.3 Å². The smallest absolute Gasteiger partial charge is 0.338 e. The molecule has 3 fully saturated rings. The first-order valence-electron chi connectivity index (χ1n) is 12.2. The molecule has 192 valence electrons. The fraction of sp³-hybridized carbons (Fsp3) is 0.500. The van der Waals surface area contributed by atoms with Gasteiger partial charge in [0.25, 0.3) is 0 Å². The SMILES string of the molecule is NC(CF)C(=O)N1CCN(C(=O)Nc2ccn(-c3ccc(CN4CC5C(N)[C@@H]5C4)cc3)c(=O)n2)CC1. The van der Waals surface area contributed by atoms with E-state index < -0.39 is 30.3 Å². The van der Waals surface area contributed by atoms with E-state index in [-0.39, 0.29) is 32.0 Å². The number of amides is 3. The van der Waals surface area contributed by atoms with Gasteiger partial charge in [-0.25, -0.2) is 14.0 Å². The van der Waals surface area contributed by atoms with Crippen molar-refractivity contribution in [3.63, 3.8) is 0 Å². The van der Waals surface area contributed by atoms with Crippen LogP contribution in [0.25, 0.3) is 5.69 Å². The molecule has 36 heavy (non-hydrogen) atoms. The zero-order valence-electron chi connectivity index (χ0n) is 19.9. The Kier molecular flexibility index (Phi) is 6.73. The van der Waals surface area contributed by atoms with Crippen LogP contribution < -0.4 is 22.5 Å². The second kappa shape index (κ2) is 9.96. The predicted molar refractivity (Wildman–Crippen MR) is 131 cm³/mol. The third-order valence-corrected chi connectivity index (χ3v) is 7.36. The van der Waals surface area contributed by atoms with Crippen LogP contribution in [-0.4, -0.2) is 94.2 Å². The molecule has 5 rings (SSSR count). The van der Waals surface area contributed by atoms with Gasteiger partial charge in [0, 0.05) is 58.1 Å². The number of hydrogen-bond donors (Lipinski definition) is 3. The number of urea groups is 1.